The molecule has 9 heteroatoms. The van der Waals surface area contributed by atoms with Gasteiger partial charge in [-0.2, -0.15) is 0 Å². The van der Waals surface area contributed by atoms with E-state index in [0.29, 0.717) is 20.7 Å². The lowest BCUT2D eigenvalue weighted by atomic mass is 10.1. The van der Waals surface area contributed by atoms with Crippen molar-refractivity contribution in [2.24, 2.45) is 0 Å². The highest BCUT2D eigenvalue weighted by molar-refractivity contribution is 8.01. The minimum atomic E-state index is -0.447. The third-order valence-corrected chi connectivity index (χ3v) is 6.40. The van der Waals surface area contributed by atoms with Crippen molar-refractivity contribution in [1.29, 1.82) is 0 Å². The monoisotopic (exact) mass is 442 g/mol. The zero-order valence-corrected chi connectivity index (χ0v) is 18.7. The van der Waals surface area contributed by atoms with E-state index in [-0.39, 0.29) is 11.7 Å². The number of benzene rings is 2. The minimum absolute atomic E-state index is 0.181. The fourth-order valence-corrected chi connectivity index (χ4v) is 4.15. The van der Waals surface area contributed by atoms with Crippen LogP contribution < -0.4 is 10.6 Å². The van der Waals surface area contributed by atoms with Gasteiger partial charge in [-0.1, -0.05) is 35.2 Å². The number of carbonyl (C=O) groups excluding carboxylic acids is 2. The van der Waals surface area contributed by atoms with Crippen LogP contribution in [0.15, 0.2) is 40.7 Å². The number of amides is 1. The first kappa shape index (κ1) is 21.8. The van der Waals surface area contributed by atoms with Crippen molar-refractivity contribution in [3.8, 4) is 0 Å². The van der Waals surface area contributed by atoms with Crippen LogP contribution in [0.5, 0.6) is 0 Å². The average Bonchev–Trinajstić information content (AvgIpc) is 3.17. The van der Waals surface area contributed by atoms with Crippen molar-refractivity contribution in [2.75, 3.05) is 23.5 Å². The smallest absolute Gasteiger partial charge is 0.337 e. The van der Waals surface area contributed by atoms with Gasteiger partial charge in [0.2, 0.25) is 11.0 Å². The zero-order chi connectivity index (χ0) is 21.7. The Morgan fingerprint density at radius 2 is 1.80 bits per heavy atom. The van der Waals surface area contributed by atoms with Gasteiger partial charge in [0.1, 0.15) is 0 Å². The highest BCUT2D eigenvalue weighted by atomic mass is 32.2. The maximum Gasteiger partial charge on any atom is 0.337 e. The van der Waals surface area contributed by atoms with E-state index in [4.69, 9.17) is 4.74 Å². The Kier molecular flexibility index (Phi) is 7.07. The third-order valence-electron chi connectivity index (χ3n) is 4.42. The second-order valence-electron chi connectivity index (χ2n) is 6.66. The summed E-state index contributed by atoms with van der Waals surface area (Å²) in [4.78, 5) is 24.0. The normalized spacial score (nSPS) is 10.5. The molecule has 0 bridgehead atoms. The maximum absolute atomic E-state index is 12.3. The molecule has 0 atom stereocenters. The van der Waals surface area contributed by atoms with Crippen LogP contribution in [0, 0.1) is 20.8 Å². The zero-order valence-electron chi connectivity index (χ0n) is 17.1. The molecule has 2 N–H and O–H groups in total. The molecule has 0 aliphatic heterocycles. The summed E-state index contributed by atoms with van der Waals surface area (Å²) < 4.78 is 5.41. The molecule has 0 unspecified atom stereocenters. The summed E-state index contributed by atoms with van der Waals surface area (Å²) in [5, 5.41) is 15.0. The number of nitrogens with one attached hydrogen (secondary N) is 2. The van der Waals surface area contributed by atoms with Crippen molar-refractivity contribution in [3.05, 3.63) is 58.7 Å². The second kappa shape index (κ2) is 9.73. The molecule has 0 spiro atoms. The van der Waals surface area contributed by atoms with Gasteiger partial charge < -0.3 is 15.4 Å². The van der Waals surface area contributed by atoms with Gasteiger partial charge in [-0.25, -0.2) is 4.79 Å². The number of hydrogen-bond donors (Lipinski definition) is 2. The highest BCUT2D eigenvalue weighted by Gasteiger charge is 2.12. The molecule has 2 aromatic carbocycles. The lowest BCUT2D eigenvalue weighted by Crippen LogP contribution is -2.15. The molecule has 1 aromatic heterocycles. The number of hydrogen-bond acceptors (Lipinski definition) is 8. The van der Waals surface area contributed by atoms with Gasteiger partial charge in [-0.3, -0.25) is 4.79 Å². The molecular weight excluding hydrogens is 420 g/mol. The van der Waals surface area contributed by atoms with Gasteiger partial charge in [0.25, 0.3) is 0 Å². The molecule has 0 saturated heterocycles. The van der Waals surface area contributed by atoms with Crippen LogP contribution >= 0.6 is 23.1 Å². The lowest BCUT2D eigenvalue weighted by molar-refractivity contribution is -0.113. The summed E-state index contributed by atoms with van der Waals surface area (Å²) in [6.45, 7) is 5.99. The van der Waals surface area contributed by atoms with Crippen molar-refractivity contribution in [3.63, 3.8) is 0 Å². The summed E-state index contributed by atoms with van der Waals surface area (Å²) in [6, 6.07) is 11.1. The molecule has 0 fully saturated rings. The van der Waals surface area contributed by atoms with Crippen molar-refractivity contribution >= 4 is 51.5 Å². The molecule has 7 nitrogen and oxygen atoms in total. The van der Waals surface area contributed by atoms with E-state index < -0.39 is 5.97 Å². The number of thioether (sulfide) groups is 1. The van der Waals surface area contributed by atoms with Gasteiger partial charge in [0, 0.05) is 11.4 Å². The molecule has 0 saturated carbocycles. The molecule has 1 heterocycles. The van der Waals surface area contributed by atoms with Gasteiger partial charge >= 0.3 is 5.97 Å². The van der Waals surface area contributed by atoms with Gasteiger partial charge in [-0.05, 0) is 61.7 Å². The first-order chi connectivity index (χ1) is 14.4. The van der Waals surface area contributed by atoms with Crippen LogP contribution in [0.4, 0.5) is 16.5 Å². The molecule has 3 aromatic rings. The van der Waals surface area contributed by atoms with Gasteiger partial charge in [-0.15, -0.1) is 10.2 Å². The number of anilines is 3. The number of rotatable bonds is 7. The summed E-state index contributed by atoms with van der Waals surface area (Å²) >= 11 is 2.69. The number of carbonyl (C=O) groups is 2. The predicted molar refractivity (Wildman–Crippen MR) is 121 cm³/mol. The fourth-order valence-electron chi connectivity index (χ4n) is 2.58. The Hall–Kier alpha value is -2.91. The lowest BCUT2D eigenvalue weighted by Gasteiger charge is -2.09. The average molecular weight is 443 g/mol. The Balaban J connectivity index is 1.57. The van der Waals surface area contributed by atoms with E-state index in [1.807, 2.05) is 13.0 Å². The third kappa shape index (κ3) is 5.58. The number of nitrogens with zero attached hydrogens (tertiary/aromatic N) is 2. The highest BCUT2D eigenvalue weighted by Crippen LogP contribution is 2.28. The molecular formula is C21H22N4O3S2. The standard InChI is InChI=1S/C21H22N4O3S2/c1-12-6-8-16(9-14(12)3)22-20-24-25-21(30-20)29-11-18(26)23-17-10-15(19(27)28-4)7-5-13(17)2/h5-10H,11H2,1-4H3,(H,22,24)(H,23,26). The minimum Gasteiger partial charge on any atom is -0.465 e. The van der Waals surface area contributed by atoms with E-state index in [0.717, 1.165) is 11.3 Å². The predicted octanol–water partition coefficient (Wildman–Crippen LogP) is 4.72. The fraction of sp³-hybridized carbons (Fsp3) is 0.238. The van der Waals surface area contributed by atoms with Crippen LogP contribution in [0.3, 0.4) is 0 Å². The van der Waals surface area contributed by atoms with E-state index in [1.165, 1.54) is 41.3 Å². The van der Waals surface area contributed by atoms with Crippen LogP contribution in [-0.4, -0.2) is 34.9 Å². The number of aromatic nitrogens is 2. The molecule has 1 amide bonds. The van der Waals surface area contributed by atoms with E-state index in [9.17, 15) is 9.59 Å². The summed E-state index contributed by atoms with van der Waals surface area (Å²) in [5.74, 6) is -0.457. The van der Waals surface area contributed by atoms with Crippen LogP contribution in [0.1, 0.15) is 27.0 Å². The summed E-state index contributed by atoms with van der Waals surface area (Å²) in [7, 11) is 1.32. The largest absolute Gasteiger partial charge is 0.465 e. The molecule has 0 aliphatic carbocycles. The van der Waals surface area contributed by atoms with Crippen molar-refractivity contribution < 1.29 is 14.3 Å². The van der Waals surface area contributed by atoms with E-state index in [1.54, 1.807) is 18.2 Å². The number of ether oxygens (including phenoxy) is 1. The second-order valence-corrected chi connectivity index (χ2v) is 8.86. The van der Waals surface area contributed by atoms with Crippen molar-refractivity contribution in [2.45, 2.75) is 25.1 Å². The maximum atomic E-state index is 12.3. The van der Waals surface area contributed by atoms with E-state index >= 15 is 0 Å². The molecule has 30 heavy (non-hydrogen) atoms. The van der Waals surface area contributed by atoms with Crippen LogP contribution in [0.25, 0.3) is 0 Å². The Morgan fingerprint density at radius 1 is 1.03 bits per heavy atom. The quantitative estimate of drug-likeness (QED) is 0.404. The van der Waals surface area contributed by atoms with Crippen LogP contribution in [0.2, 0.25) is 0 Å². The van der Waals surface area contributed by atoms with E-state index in [2.05, 4.69) is 46.8 Å². The van der Waals surface area contributed by atoms with Crippen molar-refractivity contribution in [1.82, 2.24) is 10.2 Å². The Morgan fingerprint density at radius 3 is 2.53 bits per heavy atom. The first-order valence-corrected chi connectivity index (χ1v) is 11.0. The van der Waals surface area contributed by atoms with Gasteiger partial charge in [0.05, 0.1) is 18.4 Å². The number of esters is 1. The topological polar surface area (TPSA) is 93.2 Å². The first-order valence-electron chi connectivity index (χ1n) is 9.15. The summed E-state index contributed by atoms with van der Waals surface area (Å²) in [6.07, 6.45) is 0. The van der Waals surface area contributed by atoms with Gasteiger partial charge in [0.15, 0.2) is 4.34 Å². The van der Waals surface area contributed by atoms with Crippen LogP contribution in [-0.2, 0) is 9.53 Å². The Bertz CT molecular complexity index is 1080. The number of methoxy groups -OCH3 is 1. The molecule has 3 rings (SSSR count). The summed E-state index contributed by atoms with van der Waals surface area (Å²) in [5.41, 5.74) is 5.20. The number of aryl methyl sites for hydroxylation is 3. The molecule has 0 radical (unpaired) electrons. The Labute approximate surface area is 183 Å². The molecule has 156 valence electrons. The SMILES string of the molecule is COC(=O)c1ccc(C)c(NC(=O)CSc2nnc(Nc3ccc(C)c(C)c3)s2)c1. The molecule has 0 aliphatic rings.